The van der Waals surface area contributed by atoms with Crippen molar-refractivity contribution >= 4 is 11.6 Å². The van der Waals surface area contributed by atoms with E-state index in [9.17, 15) is 4.39 Å². The standard InChI is InChI=1S/C16H15ClFNO/c17-14-5-3-6-15(18)13(14)11-19-8-9-20-16-7-2-1-4-12(16)10-19/h1-7H,8-11H2. The Morgan fingerprint density at radius 1 is 1.15 bits per heavy atom. The summed E-state index contributed by atoms with van der Waals surface area (Å²) < 4.78 is 19.6. The molecule has 0 fully saturated rings. The minimum Gasteiger partial charge on any atom is -0.492 e. The summed E-state index contributed by atoms with van der Waals surface area (Å²) in [6.07, 6.45) is 0. The van der Waals surface area contributed by atoms with E-state index in [0.29, 0.717) is 23.7 Å². The van der Waals surface area contributed by atoms with Gasteiger partial charge in [0.15, 0.2) is 0 Å². The number of nitrogens with zero attached hydrogens (tertiary/aromatic N) is 1. The van der Waals surface area contributed by atoms with E-state index in [2.05, 4.69) is 4.90 Å². The number of hydrogen-bond donors (Lipinski definition) is 0. The zero-order chi connectivity index (χ0) is 13.9. The lowest BCUT2D eigenvalue weighted by Crippen LogP contribution is -2.25. The summed E-state index contributed by atoms with van der Waals surface area (Å²) >= 11 is 6.09. The topological polar surface area (TPSA) is 12.5 Å². The normalized spacial score (nSPS) is 15.3. The van der Waals surface area contributed by atoms with Gasteiger partial charge >= 0.3 is 0 Å². The van der Waals surface area contributed by atoms with Gasteiger partial charge in [0.05, 0.1) is 0 Å². The van der Waals surface area contributed by atoms with Crippen molar-refractivity contribution < 1.29 is 9.13 Å². The molecule has 0 saturated carbocycles. The van der Waals surface area contributed by atoms with Crippen LogP contribution >= 0.6 is 11.6 Å². The van der Waals surface area contributed by atoms with Crippen molar-refractivity contribution in [2.24, 2.45) is 0 Å². The monoisotopic (exact) mass is 291 g/mol. The first kappa shape index (κ1) is 13.4. The largest absolute Gasteiger partial charge is 0.492 e. The molecule has 0 aromatic heterocycles. The maximum Gasteiger partial charge on any atom is 0.129 e. The molecule has 0 N–H and O–H groups in total. The van der Waals surface area contributed by atoms with E-state index >= 15 is 0 Å². The van der Waals surface area contributed by atoms with E-state index in [1.807, 2.05) is 24.3 Å². The van der Waals surface area contributed by atoms with Gasteiger partial charge in [0.2, 0.25) is 0 Å². The molecule has 1 heterocycles. The highest BCUT2D eigenvalue weighted by atomic mass is 35.5. The molecule has 0 aliphatic carbocycles. The Bertz CT molecular complexity index is 597. The van der Waals surface area contributed by atoms with Crippen LogP contribution in [0, 0.1) is 5.82 Å². The molecule has 0 atom stereocenters. The highest BCUT2D eigenvalue weighted by Gasteiger charge is 2.17. The molecule has 0 bridgehead atoms. The second kappa shape index (κ2) is 5.81. The summed E-state index contributed by atoms with van der Waals surface area (Å²) in [5.74, 6) is 0.658. The molecule has 2 nitrogen and oxygen atoms in total. The predicted octanol–water partition coefficient (Wildman–Crippen LogP) is 3.87. The van der Waals surface area contributed by atoms with Gasteiger partial charge in [0.1, 0.15) is 18.2 Å². The van der Waals surface area contributed by atoms with Crippen molar-refractivity contribution in [3.8, 4) is 5.75 Å². The summed E-state index contributed by atoms with van der Waals surface area (Å²) in [5, 5.41) is 0.475. The van der Waals surface area contributed by atoms with Gasteiger partial charge in [-0.25, -0.2) is 4.39 Å². The average molecular weight is 292 g/mol. The van der Waals surface area contributed by atoms with Crippen molar-refractivity contribution in [3.63, 3.8) is 0 Å². The van der Waals surface area contributed by atoms with Crippen molar-refractivity contribution in [3.05, 3.63) is 64.4 Å². The lowest BCUT2D eigenvalue weighted by Gasteiger charge is -2.20. The molecular weight excluding hydrogens is 277 g/mol. The summed E-state index contributed by atoms with van der Waals surface area (Å²) in [6, 6.07) is 12.8. The molecule has 4 heteroatoms. The van der Waals surface area contributed by atoms with Gasteiger partial charge in [-0.05, 0) is 18.2 Å². The molecule has 1 aliphatic heterocycles. The minimum atomic E-state index is -0.254. The molecule has 104 valence electrons. The van der Waals surface area contributed by atoms with Crippen molar-refractivity contribution in [2.75, 3.05) is 13.2 Å². The molecule has 3 rings (SSSR count). The predicted molar refractivity (Wildman–Crippen MR) is 77.5 cm³/mol. The molecule has 20 heavy (non-hydrogen) atoms. The number of benzene rings is 2. The molecule has 0 amide bonds. The number of fused-ring (bicyclic) bond motifs is 1. The molecule has 0 radical (unpaired) electrons. The molecular formula is C16H15ClFNO. The van der Waals surface area contributed by atoms with Gasteiger partial charge in [-0.15, -0.1) is 0 Å². The maximum atomic E-state index is 13.9. The summed E-state index contributed by atoms with van der Waals surface area (Å²) in [7, 11) is 0. The van der Waals surface area contributed by atoms with Crippen LogP contribution in [0.25, 0.3) is 0 Å². The number of hydrogen-bond acceptors (Lipinski definition) is 2. The fourth-order valence-corrected chi connectivity index (χ4v) is 2.64. The number of para-hydroxylation sites is 1. The summed E-state index contributed by atoms with van der Waals surface area (Å²) in [4.78, 5) is 2.15. The van der Waals surface area contributed by atoms with Crippen LogP contribution < -0.4 is 4.74 Å². The van der Waals surface area contributed by atoms with Crippen LogP contribution in [0.5, 0.6) is 5.75 Å². The second-order valence-corrected chi connectivity index (χ2v) is 5.27. The van der Waals surface area contributed by atoms with Gasteiger partial charge in [-0.3, -0.25) is 4.90 Å². The van der Waals surface area contributed by atoms with E-state index < -0.39 is 0 Å². The Labute approximate surface area is 122 Å². The third kappa shape index (κ3) is 2.79. The maximum absolute atomic E-state index is 13.9. The van der Waals surface area contributed by atoms with Crippen LogP contribution in [-0.4, -0.2) is 18.1 Å². The summed E-state index contributed by atoms with van der Waals surface area (Å²) in [5.41, 5.74) is 1.67. The second-order valence-electron chi connectivity index (χ2n) is 4.87. The SMILES string of the molecule is Fc1cccc(Cl)c1CN1CCOc2ccccc2C1. The van der Waals surface area contributed by atoms with Crippen LogP contribution in [-0.2, 0) is 13.1 Å². The number of ether oxygens (including phenoxy) is 1. The first-order chi connectivity index (χ1) is 9.74. The lowest BCUT2D eigenvalue weighted by atomic mass is 10.1. The van der Waals surface area contributed by atoms with E-state index in [1.165, 1.54) is 6.07 Å². The van der Waals surface area contributed by atoms with Gasteiger partial charge < -0.3 is 4.74 Å². The average Bonchev–Trinajstić information content (AvgIpc) is 2.64. The zero-order valence-corrected chi connectivity index (χ0v) is 11.7. The van der Waals surface area contributed by atoms with Crippen LogP contribution in [0.2, 0.25) is 5.02 Å². The van der Waals surface area contributed by atoms with Crippen LogP contribution in [0.1, 0.15) is 11.1 Å². The Balaban J connectivity index is 1.82. The Hall–Kier alpha value is -1.58. The Kier molecular flexibility index (Phi) is 3.90. The number of halogens is 2. The lowest BCUT2D eigenvalue weighted by molar-refractivity contribution is 0.217. The quantitative estimate of drug-likeness (QED) is 0.833. The minimum absolute atomic E-state index is 0.254. The van der Waals surface area contributed by atoms with Gasteiger partial charge in [0, 0.05) is 35.8 Å². The molecule has 1 aliphatic rings. The molecule has 0 spiro atoms. The van der Waals surface area contributed by atoms with Gasteiger partial charge in [-0.1, -0.05) is 35.9 Å². The van der Waals surface area contributed by atoms with Crippen LogP contribution in [0.15, 0.2) is 42.5 Å². The number of rotatable bonds is 2. The highest BCUT2D eigenvalue weighted by Crippen LogP contribution is 2.26. The third-order valence-corrected chi connectivity index (χ3v) is 3.83. The fraction of sp³-hybridized carbons (Fsp3) is 0.250. The molecule has 0 unspecified atom stereocenters. The van der Waals surface area contributed by atoms with Crippen molar-refractivity contribution in [1.29, 1.82) is 0 Å². The van der Waals surface area contributed by atoms with Crippen LogP contribution in [0.3, 0.4) is 0 Å². The molecule has 2 aromatic carbocycles. The fourth-order valence-electron chi connectivity index (χ4n) is 2.42. The zero-order valence-electron chi connectivity index (χ0n) is 11.0. The molecule has 2 aromatic rings. The van der Waals surface area contributed by atoms with Crippen molar-refractivity contribution in [1.82, 2.24) is 4.90 Å². The third-order valence-electron chi connectivity index (χ3n) is 3.48. The highest BCUT2D eigenvalue weighted by molar-refractivity contribution is 6.31. The smallest absolute Gasteiger partial charge is 0.129 e. The summed E-state index contributed by atoms with van der Waals surface area (Å²) in [6.45, 7) is 2.58. The van der Waals surface area contributed by atoms with Crippen molar-refractivity contribution in [2.45, 2.75) is 13.1 Å². The first-order valence-corrected chi connectivity index (χ1v) is 6.98. The van der Waals surface area contributed by atoms with Crippen LogP contribution in [0.4, 0.5) is 4.39 Å². The van der Waals surface area contributed by atoms with E-state index in [4.69, 9.17) is 16.3 Å². The Morgan fingerprint density at radius 3 is 2.85 bits per heavy atom. The first-order valence-electron chi connectivity index (χ1n) is 6.60. The van der Waals surface area contributed by atoms with E-state index in [-0.39, 0.29) is 5.82 Å². The van der Waals surface area contributed by atoms with Gasteiger partial charge in [0.25, 0.3) is 0 Å². The van der Waals surface area contributed by atoms with E-state index in [1.54, 1.807) is 12.1 Å². The van der Waals surface area contributed by atoms with Gasteiger partial charge in [-0.2, -0.15) is 0 Å². The van der Waals surface area contributed by atoms with E-state index in [0.717, 1.165) is 24.4 Å². The Morgan fingerprint density at radius 2 is 2.00 bits per heavy atom. The molecule has 0 saturated heterocycles.